The number of benzene rings is 1. The van der Waals surface area contributed by atoms with E-state index in [2.05, 4.69) is 29.4 Å². The van der Waals surface area contributed by atoms with Gasteiger partial charge in [0, 0.05) is 24.7 Å². The molecule has 1 aromatic carbocycles. The van der Waals surface area contributed by atoms with E-state index in [1.54, 1.807) is 0 Å². The van der Waals surface area contributed by atoms with Crippen molar-refractivity contribution >= 4 is 11.6 Å². The van der Waals surface area contributed by atoms with Crippen molar-refractivity contribution in [3.8, 4) is 0 Å². The van der Waals surface area contributed by atoms with E-state index in [1.807, 2.05) is 53.1 Å². The van der Waals surface area contributed by atoms with Gasteiger partial charge in [-0.05, 0) is 35.7 Å². The Morgan fingerprint density at radius 3 is 2.65 bits per heavy atom. The molecule has 0 saturated carbocycles. The van der Waals surface area contributed by atoms with E-state index in [-0.39, 0.29) is 5.91 Å². The normalized spacial score (nSPS) is 11.1. The lowest BCUT2D eigenvalue weighted by Crippen LogP contribution is -2.26. The number of carbonyl (C=O) groups is 1. The maximum absolute atomic E-state index is 12.2. The standard InChI is InChI=1S/C18H20N4O/c1-13(2)14-6-8-15(9-7-14)18(23)19-11-10-17-21-20-16-5-3-4-12-22(16)17/h3-9,12-13H,10-11H2,1-2H3,(H,19,23). The Kier molecular flexibility index (Phi) is 4.37. The third kappa shape index (κ3) is 3.39. The van der Waals surface area contributed by atoms with E-state index in [4.69, 9.17) is 0 Å². The van der Waals surface area contributed by atoms with E-state index < -0.39 is 0 Å². The Balaban J connectivity index is 1.59. The van der Waals surface area contributed by atoms with Gasteiger partial charge in [0.05, 0.1) is 0 Å². The van der Waals surface area contributed by atoms with Gasteiger partial charge in [0.15, 0.2) is 5.65 Å². The van der Waals surface area contributed by atoms with Crippen LogP contribution in [0.2, 0.25) is 0 Å². The molecule has 2 aromatic heterocycles. The molecule has 0 atom stereocenters. The summed E-state index contributed by atoms with van der Waals surface area (Å²) in [7, 11) is 0. The molecule has 0 aliphatic carbocycles. The number of rotatable bonds is 5. The van der Waals surface area contributed by atoms with E-state index in [0.29, 0.717) is 24.4 Å². The minimum atomic E-state index is -0.0610. The van der Waals surface area contributed by atoms with Gasteiger partial charge in [-0.1, -0.05) is 32.0 Å². The molecule has 0 unspecified atom stereocenters. The first-order valence-corrected chi connectivity index (χ1v) is 7.82. The van der Waals surface area contributed by atoms with E-state index in [0.717, 1.165) is 11.5 Å². The number of fused-ring (bicyclic) bond motifs is 1. The van der Waals surface area contributed by atoms with Crippen molar-refractivity contribution in [2.24, 2.45) is 0 Å². The lowest BCUT2D eigenvalue weighted by molar-refractivity contribution is 0.0954. The molecule has 0 aliphatic rings. The van der Waals surface area contributed by atoms with Crippen molar-refractivity contribution in [2.45, 2.75) is 26.2 Å². The Labute approximate surface area is 135 Å². The zero-order chi connectivity index (χ0) is 16.2. The highest BCUT2D eigenvalue weighted by atomic mass is 16.1. The van der Waals surface area contributed by atoms with Crippen LogP contribution in [0, 0.1) is 0 Å². The topological polar surface area (TPSA) is 59.3 Å². The molecule has 1 amide bonds. The Morgan fingerprint density at radius 2 is 1.91 bits per heavy atom. The summed E-state index contributed by atoms with van der Waals surface area (Å²) in [6, 6.07) is 13.5. The molecule has 118 valence electrons. The Morgan fingerprint density at radius 1 is 1.13 bits per heavy atom. The van der Waals surface area contributed by atoms with Crippen molar-refractivity contribution in [3.05, 3.63) is 65.6 Å². The summed E-state index contributed by atoms with van der Waals surface area (Å²) in [4.78, 5) is 12.2. The maximum Gasteiger partial charge on any atom is 0.251 e. The zero-order valence-electron chi connectivity index (χ0n) is 13.4. The summed E-state index contributed by atoms with van der Waals surface area (Å²) < 4.78 is 1.93. The molecule has 0 saturated heterocycles. The largest absolute Gasteiger partial charge is 0.352 e. The summed E-state index contributed by atoms with van der Waals surface area (Å²) in [5, 5.41) is 11.2. The quantitative estimate of drug-likeness (QED) is 0.788. The molecule has 0 bridgehead atoms. The third-order valence-corrected chi connectivity index (χ3v) is 3.86. The molecular weight excluding hydrogens is 288 g/mol. The molecule has 0 aliphatic heterocycles. The summed E-state index contributed by atoms with van der Waals surface area (Å²) in [6.07, 6.45) is 2.57. The summed E-state index contributed by atoms with van der Waals surface area (Å²) in [5.41, 5.74) is 2.73. The van der Waals surface area contributed by atoms with Crippen LogP contribution in [0.5, 0.6) is 0 Å². The van der Waals surface area contributed by atoms with Gasteiger partial charge in [0.25, 0.3) is 5.91 Å². The van der Waals surface area contributed by atoms with Gasteiger partial charge in [-0.25, -0.2) is 0 Å². The van der Waals surface area contributed by atoms with E-state index >= 15 is 0 Å². The van der Waals surface area contributed by atoms with Crippen molar-refractivity contribution in [1.82, 2.24) is 19.9 Å². The summed E-state index contributed by atoms with van der Waals surface area (Å²) >= 11 is 0. The molecule has 2 heterocycles. The van der Waals surface area contributed by atoms with Gasteiger partial charge >= 0.3 is 0 Å². The summed E-state index contributed by atoms with van der Waals surface area (Å²) in [6.45, 7) is 4.80. The number of carbonyl (C=O) groups excluding carboxylic acids is 1. The van der Waals surface area contributed by atoms with Gasteiger partial charge in [-0.15, -0.1) is 10.2 Å². The highest BCUT2D eigenvalue weighted by molar-refractivity contribution is 5.94. The number of amides is 1. The number of pyridine rings is 1. The fourth-order valence-corrected chi connectivity index (χ4v) is 2.47. The smallest absolute Gasteiger partial charge is 0.251 e. The lowest BCUT2D eigenvalue weighted by atomic mass is 10.0. The van der Waals surface area contributed by atoms with Gasteiger partial charge in [-0.2, -0.15) is 0 Å². The molecule has 5 nitrogen and oxygen atoms in total. The minimum absolute atomic E-state index is 0.0610. The molecule has 0 radical (unpaired) electrons. The monoisotopic (exact) mass is 308 g/mol. The van der Waals surface area contributed by atoms with Crippen LogP contribution in [0.3, 0.4) is 0 Å². The molecule has 3 aromatic rings. The number of hydrogen-bond acceptors (Lipinski definition) is 3. The minimum Gasteiger partial charge on any atom is -0.352 e. The first kappa shape index (κ1) is 15.2. The predicted molar refractivity (Wildman–Crippen MR) is 89.6 cm³/mol. The zero-order valence-corrected chi connectivity index (χ0v) is 13.4. The Bertz CT molecular complexity index is 805. The highest BCUT2D eigenvalue weighted by Crippen LogP contribution is 2.14. The molecule has 0 fully saturated rings. The van der Waals surface area contributed by atoms with Gasteiger partial charge in [0.1, 0.15) is 5.82 Å². The lowest BCUT2D eigenvalue weighted by Gasteiger charge is -2.07. The van der Waals surface area contributed by atoms with Crippen LogP contribution >= 0.6 is 0 Å². The van der Waals surface area contributed by atoms with E-state index in [9.17, 15) is 4.79 Å². The first-order valence-electron chi connectivity index (χ1n) is 7.82. The number of hydrogen-bond donors (Lipinski definition) is 1. The molecule has 1 N–H and O–H groups in total. The number of aromatic nitrogens is 3. The SMILES string of the molecule is CC(C)c1ccc(C(=O)NCCc2nnc3ccccn23)cc1. The molecular formula is C18H20N4O. The van der Waals surface area contributed by atoms with Crippen molar-refractivity contribution in [3.63, 3.8) is 0 Å². The van der Waals surface area contributed by atoms with Crippen LogP contribution in [0.1, 0.15) is 41.5 Å². The summed E-state index contributed by atoms with van der Waals surface area (Å²) in [5.74, 6) is 1.25. The van der Waals surface area contributed by atoms with Gasteiger partial charge < -0.3 is 5.32 Å². The second-order valence-corrected chi connectivity index (χ2v) is 5.83. The Hall–Kier alpha value is -2.69. The van der Waals surface area contributed by atoms with E-state index in [1.165, 1.54) is 5.56 Å². The first-order chi connectivity index (χ1) is 11.1. The average Bonchev–Trinajstić information content (AvgIpc) is 2.98. The van der Waals surface area contributed by atoms with Crippen molar-refractivity contribution in [2.75, 3.05) is 6.54 Å². The average molecular weight is 308 g/mol. The van der Waals surface area contributed by atoms with Crippen LogP contribution in [0.15, 0.2) is 48.7 Å². The molecule has 3 rings (SSSR count). The van der Waals surface area contributed by atoms with Crippen LogP contribution < -0.4 is 5.32 Å². The highest BCUT2D eigenvalue weighted by Gasteiger charge is 2.08. The number of nitrogens with one attached hydrogen (secondary N) is 1. The third-order valence-electron chi connectivity index (χ3n) is 3.86. The van der Waals surface area contributed by atoms with Crippen molar-refractivity contribution in [1.29, 1.82) is 0 Å². The van der Waals surface area contributed by atoms with Crippen molar-refractivity contribution < 1.29 is 4.79 Å². The molecule has 23 heavy (non-hydrogen) atoms. The van der Waals surface area contributed by atoms with Crippen LogP contribution in [-0.2, 0) is 6.42 Å². The second kappa shape index (κ2) is 6.60. The second-order valence-electron chi connectivity index (χ2n) is 5.83. The van der Waals surface area contributed by atoms with Gasteiger partial charge in [-0.3, -0.25) is 9.20 Å². The maximum atomic E-state index is 12.2. The number of nitrogens with zero attached hydrogens (tertiary/aromatic N) is 3. The fourth-order valence-electron chi connectivity index (χ4n) is 2.47. The van der Waals surface area contributed by atoms with Crippen LogP contribution in [-0.4, -0.2) is 27.0 Å². The van der Waals surface area contributed by atoms with Crippen LogP contribution in [0.25, 0.3) is 5.65 Å². The van der Waals surface area contributed by atoms with Gasteiger partial charge in [0.2, 0.25) is 0 Å². The molecule has 5 heteroatoms. The van der Waals surface area contributed by atoms with Crippen LogP contribution in [0.4, 0.5) is 0 Å². The molecule has 0 spiro atoms. The predicted octanol–water partition coefficient (Wildman–Crippen LogP) is 2.83. The fraction of sp³-hybridized carbons (Fsp3) is 0.278.